The number of nitrogens with one attached hydrogen (secondary N) is 1. The van der Waals surface area contributed by atoms with Crippen molar-refractivity contribution < 1.29 is 19.2 Å². The number of ether oxygens (including phenoxy) is 1. The maximum absolute atomic E-state index is 12.3. The first-order valence-corrected chi connectivity index (χ1v) is 7.31. The van der Waals surface area contributed by atoms with E-state index in [1.165, 1.54) is 19.2 Å². The number of nitrogens with zero attached hydrogens (tertiary/aromatic N) is 2. The monoisotopic (exact) mass is 321 g/mol. The van der Waals surface area contributed by atoms with Crippen molar-refractivity contribution in [3.63, 3.8) is 0 Å². The molecule has 0 aliphatic carbocycles. The Morgan fingerprint density at radius 1 is 1.35 bits per heavy atom. The van der Waals surface area contributed by atoms with Crippen molar-refractivity contribution in [3.8, 4) is 0 Å². The molecule has 1 aliphatic heterocycles. The number of carbonyl (C=O) groups excluding carboxylic acids is 2. The van der Waals surface area contributed by atoms with Gasteiger partial charge in [-0.05, 0) is 25.8 Å². The largest absolute Gasteiger partial charge is 0.453 e. The Morgan fingerprint density at radius 2 is 2.00 bits per heavy atom. The fourth-order valence-electron chi connectivity index (χ4n) is 2.67. The van der Waals surface area contributed by atoms with Gasteiger partial charge in [-0.2, -0.15) is 0 Å². The van der Waals surface area contributed by atoms with E-state index in [0.717, 1.165) is 0 Å². The second kappa shape index (κ2) is 7.08. The van der Waals surface area contributed by atoms with Gasteiger partial charge in [-0.1, -0.05) is 6.07 Å². The molecular formula is C15H19N3O5. The lowest BCUT2D eigenvalue weighted by Crippen LogP contribution is -2.46. The molecular weight excluding hydrogens is 302 g/mol. The molecule has 0 spiro atoms. The molecule has 0 radical (unpaired) electrons. The highest BCUT2D eigenvalue weighted by Gasteiger charge is 2.25. The Hall–Kier alpha value is -2.64. The summed E-state index contributed by atoms with van der Waals surface area (Å²) in [4.78, 5) is 35.8. The third-order valence-electron chi connectivity index (χ3n) is 4.01. The molecule has 1 aliphatic rings. The van der Waals surface area contributed by atoms with Gasteiger partial charge in [-0.15, -0.1) is 0 Å². The summed E-state index contributed by atoms with van der Waals surface area (Å²) in [6.07, 6.45) is 0.869. The van der Waals surface area contributed by atoms with Crippen LogP contribution in [0.5, 0.6) is 0 Å². The zero-order valence-electron chi connectivity index (χ0n) is 13.1. The number of amides is 2. The smallest absolute Gasteiger partial charge is 0.409 e. The van der Waals surface area contributed by atoms with E-state index in [-0.39, 0.29) is 23.7 Å². The van der Waals surface area contributed by atoms with Crippen LogP contribution in [0.15, 0.2) is 18.2 Å². The maximum Gasteiger partial charge on any atom is 0.409 e. The van der Waals surface area contributed by atoms with Crippen LogP contribution in [0, 0.1) is 17.0 Å². The molecule has 0 unspecified atom stereocenters. The Bertz CT molecular complexity index is 624. The van der Waals surface area contributed by atoms with Crippen molar-refractivity contribution in [2.45, 2.75) is 25.8 Å². The summed E-state index contributed by atoms with van der Waals surface area (Å²) in [5.41, 5.74) is 0.578. The number of hydrogen-bond acceptors (Lipinski definition) is 5. The van der Waals surface area contributed by atoms with Gasteiger partial charge in [-0.3, -0.25) is 14.9 Å². The van der Waals surface area contributed by atoms with Crippen LogP contribution in [-0.2, 0) is 4.74 Å². The van der Waals surface area contributed by atoms with E-state index in [9.17, 15) is 19.7 Å². The first kappa shape index (κ1) is 16.7. The molecule has 1 heterocycles. The third-order valence-corrected chi connectivity index (χ3v) is 4.01. The molecule has 0 aromatic heterocycles. The van der Waals surface area contributed by atoms with Gasteiger partial charge in [-0.25, -0.2) is 4.79 Å². The van der Waals surface area contributed by atoms with Crippen molar-refractivity contribution >= 4 is 17.7 Å². The Labute approximate surface area is 133 Å². The first-order valence-electron chi connectivity index (χ1n) is 7.31. The topological polar surface area (TPSA) is 102 Å². The fraction of sp³-hybridized carbons (Fsp3) is 0.467. The van der Waals surface area contributed by atoms with E-state index >= 15 is 0 Å². The van der Waals surface area contributed by atoms with Crippen molar-refractivity contribution in [3.05, 3.63) is 39.4 Å². The van der Waals surface area contributed by atoms with Crippen LogP contribution in [0.3, 0.4) is 0 Å². The summed E-state index contributed by atoms with van der Waals surface area (Å²) in [5.74, 6) is -0.331. The van der Waals surface area contributed by atoms with Crippen molar-refractivity contribution in [2.24, 2.45) is 0 Å². The van der Waals surface area contributed by atoms with Gasteiger partial charge in [0.1, 0.15) is 0 Å². The number of hydrogen-bond donors (Lipinski definition) is 1. The molecule has 1 aromatic rings. The van der Waals surface area contributed by atoms with Crippen molar-refractivity contribution in [2.75, 3.05) is 20.2 Å². The maximum atomic E-state index is 12.3. The number of benzene rings is 1. The molecule has 2 rings (SSSR count). The zero-order valence-corrected chi connectivity index (χ0v) is 13.1. The van der Waals surface area contributed by atoms with Crippen LogP contribution in [0.2, 0.25) is 0 Å². The SMILES string of the molecule is COC(=O)N1CCC(NC(=O)c2cccc([N+](=O)[O-])c2C)CC1. The Balaban J connectivity index is 2.00. The second-order valence-corrected chi connectivity index (χ2v) is 5.41. The van der Waals surface area contributed by atoms with Gasteiger partial charge < -0.3 is 15.0 Å². The molecule has 2 amide bonds. The van der Waals surface area contributed by atoms with E-state index in [4.69, 9.17) is 0 Å². The van der Waals surface area contributed by atoms with Gasteiger partial charge in [0.2, 0.25) is 0 Å². The van der Waals surface area contributed by atoms with Gasteiger partial charge in [0.15, 0.2) is 0 Å². The van der Waals surface area contributed by atoms with Crippen LogP contribution in [-0.4, -0.2) is 48.1 Å². The van der Waals surface area contributed by atoms with Gasteiger partial charge in [0, 0.05) is 36.3 Å². The highest BCUT2D eigenvalue weighted by Crippen LogP contribution is 2.21. The number of carbonyl (C=O) groups is 2. The van der Waals surface area contributed by atoms with Crippen molar-refractivity contribution in [1.29, 1.82) is 0 Å². The average molecular weight is 321 g/mol. The van der Waals surface area contributed by atoms with Gasteiger partial charge >= 0.3 is 6.09 Å². The zero-order chi connectivity index (χ0) is 17.0. The normalized spacial score (nSPS) is 15.1. The molecule has 1 saturated heterocycles. The number of likely N-dealkylation sites (tertiary alicyclic amines) is 1. The fourth-order valence-corrected chi connectivity index (χ4v) is 2.67. The summed E-state index contributed by atoms with van der Waals surface area (Å²) in [6.45, 7) is 2.57. The van der Waals surface area contributed by atoms with Crippen molar-refractivity contribution in [1.82, 2.24) is 10.2 Å². The lowest BCUT2D eigenvalue weighted by Gasteiger charge is -2.31. The van der Waals surface area contributed by atoms with E-state index in [0.29, 0.717) is 37.1 Å². The number of nitro benzene ring substituents is 1. The van der Waals surface area contributed by atoms with E-state index < -0.39 is 4.92 Å². The van der Waals surface area contributed by atoms with Crippen LogP contribution in [0.1, 0.15) is 28.8 Å². The van der Waals surface area contributed by atoms with Gasteiger partial charge in [0.25, 0.3) is 11.6 Å². The van der Waals surface area contributed by atoms with Gasteiger partial charge in [0.05, 0.1) is 12.0 Å². The number of piperidine rings is 1. The number of rotatable bonds is 3. The predicted octanol–water partition coefficient (Wildman–Crippen LogP) is 1.86. The second-order valence-electron chi connectivity index (χ2n) is 5.41. The summed E-state index contributed by atoms with van der Waals surface area (Å²) >= 11 is 0. The predicted molar refractivity (Wildman–Crippen MR) is 82.3 cm³/mol. The minimum absolute atomic E-state index is 0.0675. The molecule has 8 heteroatoms. The lowest BCUT2D eigenvalue weighted by molar-refractivity contribution is -0.385. The standard InChI is InChI=1S/C15H19N3O5/c1-10-12(4-3-5-13(10)18(21)22)14(19)16-11-6-8-17(9-7-11)15(20)23-2/h3-5,11H,6-9H2,1-2H3,(H,16,19). The highest BCUT2D eigenvalue weighted by molar-refractivity contribution is 5.96. The molecule has 8 nitrogen and oxygen atoms in total. The molecule has 23 heavy (non-hydrogen) atoms. The Kier molecular flexibility index (Phi) is 5.15. The molecule has 1 aromatic carbocycles. The Morgan fingerprint density at radius 3 is 2.57 bits per heavy atom. The molecule has 1 N–H and O–H groups in total. The molecule has 0 bridgehead atoms. The quantitative estimate of drug-likeness (QED) is 0.676. The van der Waals surface area contributed by atoms with E-state index in [1.807, 2.05) is 0 Å². The average Bonchev–Trinajstić information content (AvgIpc) is 2.54. The van der Waals surface area contributed by atoms with Crippen LogP contribution in [0.25, 0.3) is 0 Å². The third kappa shape index (κ3) is 3.77. The molecule has 0 atom stereocenters. The number of nitro groups is 1. The van der Waals surface area contributed by atoms with Crippen LogP contribution >= 0.6 is 0 Å². The first-order chi connectivity index (χ1) is 10.9. The summed E-state index contributed by atoms with van der Waals surface area (Å²) in [7, 11) is 1.33. The molecule has 124 valence electrons. The summed E-state index contributed by atoms with van der Waals surface area (Å²) in [5, 5.41) is 13.8. The number of methoxy groups -OCH3 is 1. The summed E-state index contributed by atoms with van der Waals surface area (Å²) in [6, 6.07) is 4.38. The minimum atomic E-state index is -0.499. The van der Waals surface area contributed by atoms with E-state index in [2.05, 4.69) is 10.1 Å². The molecule has 0 saturated carbocycles. The van der Waals surface area contributed by atoms with Crippen LogP contribution in [0.4, 0.5) is 10.5 Å². The lowest BCUT2D eigenvalue weighted by atomic mass is 10.0. The minimum Gasteiger partial charge on any atom is -0.453 e. The van der Waals surface area contributed by atoms with Crippen LogP contribution < -0.4 is 5.32 Å². The van der Waals surface area contributed by atoms with E-state index in [1.54, 1.807) is 17.9 Å². The summed E-state index contributed by atoms with van der Waals surface area (Å²) < 4.78 is 4.66. The molecule has 1 fully saturated rings. The highest BCUT2D eigenvalue weighted by atomic mass is 16.6.